The minimum Gasteiger partial charge on any atom is -0.469 e. The Labute approximate surface area is 189 Å². The minimum absolute atomic E-state index is 0.0746. The summed E-state index contributed by atoms with van der Waals surface area (Å²) in [5.74, 6) is -0.0746. The molecule has 0 aromatic carbocycles. The summed E-state index contributed by atoms with van der Waals surface area (Å²) in [5.41, 5.74) is 0. The lowest BCUT2D eigenvalue weighted by Gasteiger charge is -2.24. The zero-order valence-electron chi connectivity index (χ0n) is 21.0. The average molecular weight is 441 g/mol. The number of unbranched alkanes of at least 4 members (excludes halogenated alkanes) is 13. The van der Waals surface area contributed by atoms with E-state index in [9.17, 15) is 4.79 Å². The van der Waals surface area contributed by atoms with Gasteiger partial charge in [0.1, 0.15) is 0 Å². The standard InChI is InChI=1S/C26H52O3Si/c1-6-7-8-16-19-22-25(29-30(3,4)5)23-20-17-14-12-10-9-11-13-15-18-21-24-26(27)28-2/h20,23,25H,6-19,21-22,24H2,1-5H3/b23-20+. The molecule has 1 unspecified atom stereocenters. The Kier molecular flexibility index (Phi) is 19.9. The van der Waals surface area contributed by atoms with Gasteiger partial charge in [-0.05, 0) is 45.3 Å². The second-order valence-electron chi connectivity index (χ2n) is 9.70. The van der Waals surface area contributed by atoms with E-state index in [0.29, 0.717) is 12.5 Å². The van der Waals surface area contributed by atoms with Crippen LogP contribution < -0.4 is 0 Å². The summed E-state index contributed by atoms with van der Waals surface area (Å²) in [6, 6.07) is 0. The molecular weight excluding hydrogens is 388 g/mol. The van der Waals surface area contributed by atoms with Crippen molar-refractivity contribution in [3.05, 3.63) is 12.2 Å². The lowest BCUT2D eigenvalue weighted by molar-refractivity contribution is -0.140. The van der Waals surface area contributed by atoms with Gasteiger partial charge < -0.3 is 9.16 Å². The third kappa shape index (κ3) is 22.1. The molecule has 0 aliphatic rings. The predicted octanol–water partition coefficient (Wildman–Crippen LogP) is 8.59. The van der Waals surface area contributed by atoms with Gasteiger partial charge >= 0.3 is 5.97 Å². The number of hydrogen-bond donors (Lipinski definition) is 0. The van der Waals surface area contributed by atoms with Gasteiger partial charge in [0.25, 0.3) is 0 Å². The van der Waals surface area contributed by atoms with E-state index < -0.39 is 8.32 Å². The lowest BCUT2D eigenvalue weighted by Crippen LogP contribution is -2.31. The first kappa shape index (κ1) is 29.4. The molecule has 1 atom stereocenters. The van der Waals surface area contributed by atoms with Gasteiger partial charge in [-0.3, -0.25) is 4.79 Å². The molecule has 0 N–H and O–H groups in total. The highest BCUT2D eigenvalue weighted by Crippen LogP contribution is 2.17. The van der Waals surface area contributed by atoms with Gasteiger partial charge in [-0.1, -0.05) is 96.1 Å². The van der Waals surface area contributed by atoms with Gasteiger partial charge in [0.05, 0.1) is 13.2 Å². The fourth-order valence-electron chi connectivity index (χ4n) is 3.72. The van der Waals surface area contributed by atoms with Crippen molar-refractivity contribution in [1.29, 1.82) is 0 Å². The van der Waals surface area contributed by atoms with E-state index in [1.54, 1.807) is 0 Å². The molecule has 0 amide bonds. The molecule has 4 heteroatoms. The topological polar surface area (TPSA) is 35.5 Å². The Balaban J connectivity index is 3.71. The molecule has 0 aliphatic heterocycles. The van der Waals surface area contributed by atoms with Crippen LogP contribution in [0, 0.1) is 0 Å². The van der Waals surface area contributed by atoms with E-state index in [1.165, 1.54) is 97.0 Å². The van der Waals surface area contributed by atoms with E-state index in [2.05, 4.69) is 43.5 Å². The first-order valence-corrected chi connectivity index (χ1v) is 16.2. The number of esters is 1. The first-order valence-electron chi connectivity index (χ1n) is 12.8. The van der Waals surface area contributed by atoms with Crippen molar-refractivity contribution in [3.63, 3.8) is 0 Å². The van der Waals surface area contributed by atoms with Crippen LogP contribution >= 0.6 is 0 Å². The number of rotatable bonds is 21. The maximum atomic E-state index is 11.0. The van der Waals surface area contributed by atoms with Crippen molar-refractivity contribution < 1.29 is 14.0 Å². The van der Waals surface area contributed by atoms with E-state index in [1.807, 2.05) is 0 Å². The summed E-state index contributed by atoms with van der Waals surface area (Å²) in [5, 5.41) is 0. The van der Waals surface area contributed by atoms with Gasteiger partial charge in [-0.2, -0.15) is 0 Å². The number of carbonyl (C=O) groups excluding carboxylic acids is 1. The predicted molar refractivity (Wildman–Crippen MR) is 134 cm³/mol. The summed E-state index contributed by atoms with van der Waals surface area (Å²) in [4.78, 5) is 11.0. The van der Waals surface area contributed by atoms with E-state index in [4.69, 9.17) is 4.43 Å². The minimum atomic E-state index is -1.48. The van der Waals surface area contributed by atoms with Crippen molar-refractivity contribution in [2.24, 2.45) is 0 Å². The number of methoxy groups -OCH3 is 1. The summed E-state index contributed by atoms with van der Waals surface area (Å²) < 4.78 is 11.1. The van der Waals surface area contributed by atoms with Crippen LogP contribution in [0.4, 0.5) is 0 Å². The smallest absolute Gasteiger partial charge is 0.305 e. The zero-order chi connectivity index (χ0) is 22.5. The summed E-state index contributed by atoms with van der Waals surface area (Å²) in [6.07, 6.45) is 26.0. The molecule has 0 spiro atoms. The van der Waals surface area contributed by atoms with Crippen LogP contribution in [0.2, 0.25) is 19.6 Å². The second-order valence-corrected chi connectivity index (χ2v) is 14.2. The van der Waals surface area contributed by atoms with Gasteiger partial charge in [-0.25, -0.2) is 0 Å². The van der Waals surface area contributed by atoms with Crippen LogP contribution in [0.25, 0.3) is 0 Å². The van der Waals surface area contributed by atoms with Crippen LogP contribution in [0.5, 0.6) is 0 Å². The van der Waals surface area contributed by atoms with Gasteiger partial charge in [-0.15, -0.1) is 0 Å². The highest BCUT2D eigenvalue weighted by Gasteiger charge is 2.19. The Morgan fingerprint density at radius 3 is 1.90 bits per heavy atom. The van der Waals surface area contributed by atoms with E-state index in [0.717, 1.165) is 12.8 Å². The average Bonchev–Trinajstić information content (AvgIpc) is 2.69. The molecule has 3 nitrogen and oxygen atoms in total. The fraction of sp³-hybridized carbons (Fsp3) is 0.885. The molecule has 178 valence electrons. The van der Waals surface area contributed by atoms with Crippen molar-refractivity contribution >= 4 is 14.3 Å². The van der Waals surface area contributed by atoms with Crippen molar-refractivity contribution in [2.75, 3.05) is 7.11 Å². The molecule has 0 bridgehead atoms. The monoisotopic (exact) mass is 440 g/mol. The first-order chi connectivity index (χ1) is 14.4. The molecule has 0 saturated carbocycles. The van der Waals surface area contributed by atoms with Crippen LogP contribution in [0.1, 0.15) is 116 Å². The fourth-order valence-corrected chi connectivity index (χ4v) is 4.82. The molecule has 30 heavy (non-hydrogen) atoms. The van der Waals surface area contributed by atoms with Gasteiger partial charge in [0, 0.05) is 6.42 Å². The zero-order valence-corrected chi connectivity index (χ0v) is 22.0. The van der Waals surface area contributed by atoms with Crippen molar-refractivity contribution in [3.8, 4) is 0 Å². The molecule has 0 radical (unpaired) electrons. The normalized spacial score (nSPS) is 13.1. The van der Waals surface area contributed by atoms with Crippen LogP contribution in [-0.4, -0.2) is 27.5 Å². The molecule has 0 aliphatic carbocycles. The van der Waals surface area contributed by atoms with Gasteiger partial charge in [0.2, 0.25) is 0 Å². The lowest BCUT2D eigenvalue weighted by atomic mass is 10.0. The largest absolute Gasteiger partial charge is 0.469 e. The molecule has 0 saturated heterocycles. The Bertz CT molecular complexity index is 415. The number of carbonyl (C=O) groups is 1. The van der Waals surface area contributed by atoms with Crippen LogP contribution in [-0.2, 0) is 14.0 Å². The Morgan fingerprint density at radius 1 is 0.800 bits per heavy atom. The Morgan fingerprint density at radius 2 is 1.33 bits per heavy atom. The van der Waals surface area contributed by atoms with Gasteiger partial charge in [0.15, 0.2) is 8.32 Å². The Hall–Kier alpha value is -0.613. The molecule has 0 heterocycles. The van der Waals surface area contributed by atoms with E-state index >= 15 is 0 Å². The molecule has 0 aromatic rings. The van der Waals surface area contributed by atoms with Crippen molar-refractivity contribution in [2.45, 2.75) is 142 Å². The maximum Gasteiger partial charge on any atom is 0.305 e. The quantitative estimate of drug-likeness (QED) is 0.0775. The highest BCUT2D eigenvalue weighted by atomic mass is 28.4. The third-order valence-electron chi connectivity index (χ3n) is 5.43. The third-order valence-corrected chi connectivity index (χ3v) is 6.44. The second kappa shape index (κ2) is 20.3. The number of allylic oxidation sites excluding steroid dienone is 1. The van der Waals surface area contributed by atoms with Crippen LogP contribution in [0.3, 0.4) is 0 Å². The maximum absolute atomic E-state index is 11.0. The number of hydrogen-bond acceptors (Lipinski definition) is 3. The SMILES string of the molecule is CCCCCCCC(/C=C/CCCCCCCCCCCC(=O)OC)O[Si](C)(C)C. The van der Waals surface area contributed by atoms with E-state index in [-0.39, 0.29) is 5.97 Å². The van der Waals surface area contributed by atoms with Crippen molar-refractivity contribution in [1.82, 2.24) is 0 Å². The van der Waals surface area contributed by atoms with Crippen LogP contribution in [0.15, 0.2) is 12.2 Å². The summed E-state index contributed by atoms with van der Waals surface area (Å²) in [6.45, 7) is 9.16. The summed E-state index contributed by atoms with van der Waals surface area (Å²) in [7, 11) is -0.0147. The molecule has 0 rings (SSSR count). The molecule has 0 aromatic heterocycles. The molecular formula is C26H52O3Si. The molecule has 0 fully saturated rings. The summed E-state index contributed by atoms with van der Waals surface area (Å²) >= 11 is 0. The highest BCUT2D eigenvalue weighted by molar-refractivity contribution is 6.69. The number of ether oxygens (including phenoxy) is 1.